The number of carboxylic acid groups (broad SMARTS) is 1. The van der Waals surface area contributed by atoms with E-state index in [-0.39, 0.29) is 12.0 Å². The first-order valence-corrected chi connectivity index (χ1v) is 7.06. The number of aliphatic carboxylic acids is 1. The first kappa shape index (κ1) is 17.0. The number of primary amides is 1. The first-order valence-electron chi connectivity index (χ1n) is 7.06. The molecule has 7 heteroatoms. The number of aryl methyl sites for hydroxylation is 2. The molecule has 4 N–H and O–H groups in total. The fourth-order valence-electron chi connectivity index (χ4n) is 2.28. The zero-order valence-electron chi connectivity index (χ0n) is 13.0. The van der Waals surface area contributed by atoms with Crippen LogP contribution in [-0.4, -0.2) is 32.8 Å². The predicted octanol–water partition coefficient (Wildman–Crippen LogP) is 1.52. The molecule has 1 rings (SSSR count). The highest BCUT2D eigenvalue weighted by molar-refractivity contribution is 5.98. The standard InChI is InChI=1S/C14H24N4O3/c1-8(14(20)21)6-5-7-9(2)16-13-11(12(15)19)10(3)17-18(13)4/h8-9,16H,5-7H2,1-4H3,(H2,15,19)(H,20,21). The number of nitrogens with zero attached hydrogens (tertiary/aromatic N) is 2. The number of aromatic nitrogens is 2. The van der Waals surface area contributed by atoms with E-state index in [4.69, 9.17) is 10.8 Å². The Kier molecular flexibility index (Phi) is 5.75. The predicted molar refractivity (Wildman–Crippen MR) is 80.2 cm³/mol. The highest BCUT2D eigenvalue weighted by atomic mass is 16.4. The van der Waals surface area contributed by atoms with Crippen LogP contribution >= 0.6 is 0 Å². The van der Waals surface area contributed by atoms with Crippen LogP contribution in [0.5, 0.6) is 0 Å². The second-order valence-corrected chi connectivity index (χ2v) is 5.51. The Morgan fingerprint density at radius 1 is 1.38 bits per heavy atom. The molecule has 1 aromatic heterocycles. The summed E-state index contributed by atoms with van der Waals surface area (Å²) < 4.78 is 1.60. The van der Waals surface area contributed by atoms with E-state index in [0.29, 0.717) is 23.5 Å². The summed E-state index contributed by atoms with van der Waals surface area (Å²) in [6, 6.07) is 0.0962. The van der Waals surface area contributed by atoms with Gasteiger partial charge >= 0.3 is 5.97 Å². The number of amides is 1. The molecule has 118 valence electrons. The van der Waals surface area contributed by atoms with E-state index in [1.165, 1.54) is 0 Å². The lowest BCUT2D eigenvalue weighted by molar-refractivity contribution is -0.141. The third kappa shape index (κ3) is 4.47. The summed E-state index contributed by atoms with van der Waals surface area (Å²) >= 11 is 0. The molecule has 0 radical (unpaired) electrons. The molecule has 0 saturated carbocycles. The molecule has 21 heavy (non-hydrogen) atoms. The molecular formula is C14H24N4O3. The highest BCUT2D eigenvalue weighted by Gasteiger charge is 2.19. The van der Waals surface area contributed by atoms with Gasteiger partial charge in [-0.15, -0.1) is 0 Å². The molecule has 0 fully saturated rings. The fraction of sp³-hybridized carbons (Fsp3) is 0.643. The Morgan fingerprint density at radius 3 is 2.52 bits per heavy atom. The topological polar surface area (TPSA) is 110 Å². The van der Waals surface area contributed by atoms with Crippen molar-refractivity contribution < 1.29 is 14.7 Å². The van der Waals surface area contributed by atoms with Crippen molar-refractivity contribution in [2.24, 2.45) is 18.7 Å². The van der Waals surface area contributed by atoms with Crippen molar-refractivity contribution in [3.05, 3.63) is 11.3 Å². The molecule has 0 spiro atoms. The quantitative estimate of drug-likeness (QED) is 0.673. The molecule has 0 aliphatic heterocycles. The maximum atomic E-state index is 11.5. The van der Waals surface area contributed by atoms with E-state index in [1.54, 1.807) is 25.6 Å². The monoisotopic (exact) mass is 296 g/mol. The van der Waals surface area contributed by atoms with Gasteiger partial charge in [0.25, 0.3) is 5.91 Å². The Hall–Kier alpha value is -2.05. The SMILES string of the molecule is Cc1nn(C)c(NC(C)CCCC(C)C(=O)O)c1C(N)=O. The molecule has 2 unspecified atom stereocenters. The summed E-state index contributed by atoms with van der Waals surface area (Å²) in [6.45, 7) is 5.43. The molecule has 1 amide bonds. The van der Waals surface area contributed by atoms with Crippen molar-refractivity contribution in [1.29, 1.82) is 0 Å². The van der Waals surface area contributed by atoms with Crippen LogP contribution in [0, 0.1) is 12.8 Å². The minimum Gasteiger partial charge on any atom is -0.481 e. The molecule has 0 saturated heterocycles. The number of carbonyl (C=O) groups excluding carboxylic acids is 1. The van der Waals surface area contributed by atoms with Gasteiger partial charge in [0.1, 0.15) is 11.4 Å². The van der Waals surface area contributed by atoms with Gasteiger partial charge in [0, 0.05) is 13.1 Å². The number of nitrogens with one attached hydrogen (secondary N) is 1. The maximum Gasteiger partial charge on any atom is 0.306 e. The van der Waals surface area contributed by atoms with Crippen molar-refractivity contribution in [3.8, 4) is 0 Å². The summed E-state index contributed by atoms with van der Waals surface area (Å²) in [5.74, 6) is -1.00. The van der Waals surface area contributed by atoms with Crippen LogP contribution in [0.4, 0.5) is 5.82 Å². The van der Waals surface area contributed by atoms with Crippen LogP contribution in [0.1, 0.15) is 49.2 Å². The number of carbonyl (C=O) groups is 2. The smallest absolute Gasteiger partial charge is 0.306 e. The zero-order chi connectivity index (χ0) is 16.2. The summed E-state index contributed by atoms with van der Waals surface area (Å²) in [7, 11) is 1.75. The van der Waals surface area contributed by atoms with Crippen LogP contribution < -0.4 is 11.1 Å². The van der Waals surface area contributed by atoms with E-state index in [9.17, 15) is 9.59 Å². The van der Waals surface area contributed by atoms with E-state index < -0.39 is 11.9 Å². The molecule has 0 bridgehead atoms. The lowest BCUT2D eigenvalue weighted by Crippen LogP contribution is -2.21. The molecular weight excluding hydrogens is 272 g/mol. The Labute approximate surface area is 124 Å². The fourth-order valence-corrected chi connectivity index (χ4v) is 2.28. The third-order valence-corrected chi connectivity index (χ3v) is 3.55. The Bertz CT molecular complexity index is 525. The third-order valence-electron chi connectivity index (χ3n) is 3.55. The average Bonchev–Trinajstić information content (AvgIpc) is 2.63. The van der Waals surface area contributed by atoms with E-state index >= 15 is 0 Å². The molecule has 7 nitrogen and oxygen atoms in total. The van der Waals surface area contributed by atoms with Crippen molar-refractivity contribution in [3.63, 3.8) is 0 Å². The number of hydrogen-bond donors (Lipinski definition) is 3. The summed E-state index contributed by atoms with van der Waals surface area (Å²) in [5.41, 5.74) is 6.38. The summed E-state index contributed by atoms with van der Waals surface area (Å²) in [5, 5.41) is 16.3. The van der Waals surface area contributed by atoms with Crippen LogP contribution in [0.15, 0.2) is 0 Å². The van der Waals surface area contributed by atoms with Crippen LogP contribution in [0.25, 0.3) is 0 Å². The molecule has 0 aromatic carbocycles. The van der Waals surface area contributed by atoms with Crippen molar-refractivity contribution in [1.82, 2.24) is 9.78 Å². The van der Waals surface area contributed by atoms with Gasteiger partial charge in [-0.2, -0.15) is 5.10 Å². The van der Waals surface area contributed by atoms with E-state index in [0.717, 1.165) is 12.8 Å². The van der Waals surface area contributed by atoms with Crippen molar-refractivity contribution >= 4 is 17.7 Å². The number of rotatable bonds is 8. The number of carboxylic acids is 1. The minimum absolute atomic E-state index is 0.0962. The van der Waals surface area contributed by atoms with Crippen molar-refractivity contribution in [2.75, 3.05) is 5.32 Å². The van der Waals surface area contributed by atoms with Crippen molar-refractivity contribution in [2.45, 2.75) is 46.1 Å². The lowest BCUT2D eigenvalue weighted by Gasteiger charge is -2.16. The molecule has 1 aromatic rings. The second-order valence-electron chi connectivity index (χ2n) is 5.51. The summed E-state index contributed by atoms with van der Waals surface area (Å²) in [4.78, 5) is 22.2. The van der Waals surface area contributed by atoms with Gasteiger partial charge in [-0.25, -0.2) is 0 Å². The second kappa shape index (κ2) is 7.10. The van der Waals surface area contributed by atoms with Gasteiger partial charge in [0.05, 0.1) is 11.6 Å². The van der Waals surface area contributed by atoms with Gasteiger partial charge in [-0.05, 0) is 26.7 Å². The molecule has 0 aliphatic carbocycles. The van der Waals surface area contributed by atoms with Crippen LogP contribution in [0.3, 0.4) is 0 Å². The number of nitrogens with two attached hydrogens (primary N) is 1. The first-order chi connectivity index (χ1) is 9.73. The molecule has 1 heterocycles. The van der Waals surface area contributed by atoms with Gasteiger partial charge in [-0.3, -0.25) is 14.3 Å². The number of hydrogen-bond acceptors (Lipinski definition) is 4. The maximum absolute atomic E-state index is 11.5. The minimum atomic E-state index is -0.770. The normalized spacial score (nSPS) is 13.7. The van der Waals surface area contributed by atoms with Gasteiger partial charge in [0.2, 0.25) is 0 Å². The van der Waals surface area contributed by atoms with Crippen LogP contribution in [-0.2, 0) is 11.8 Å². The van der Waals surface area contributed by atoms with Gasteiger partial charge in [0.15, 0.2) is 0 Å². The Morgan fingerprint density at radius 2 is 2.00 bits per heavy atom. The molecule has 0 aliphatic rings. The highest BCUT2D eigenvalue weighted by Crippen LogP contribution is 2.20. The van der Waals surface area contributed by atoms with Gasteiger partial charge < -0.3 is 16.2 Å². The zero-order valence-corrected chi connectivity index (χ0v) is 13.0. The molecule has 2 atom stereocenters. The number of anilines is 1. The Balaban J connectivity index is 2.61. The van der Waals surface area contributed by atoms with Gasteiger partial charge in [-0.1, -0.05) is 13.3 Å². The van der Waals surface area contributed by atoms with Crippen LogP contribution in [0.2, 0.25) is 0 Å². The average molecular weight is 296 g/mol. The van der Waals surface area contributed by atoms with E-state index in [2.05, 4.69) is 10.4 Å². The summed E-state index contributed by atoms with van der Waals surface area (Å²) in [6.07, 6.45) is 2.23. The largest absolute Gasteiger partial charge is 0.481 e. The lowest BCUT2D eigenvalue weighted by atomic mass is 10.0. The van der Waals surface area contributed by atoms with E-state index in [1.807, 2.05) is 6.92 Å².